The van der Waals surface area contributed by atoms with E-state index in [4.69, 9.17) is 4.74 Å². The Morgan fingerprint density at radius 1 is 1.08 bits per heavy atom. The van der Waals surface area contributed by atoms with E-state index in [1.165, 1.54) is 11.9 Å². The van der Waals surface area contributed by atoms with E-state index in [1.54, 1.807) is 19.4 Å². The molecule has 0 aliphatic heterocycles. The molecule has 0 unspecified atom stereocenters. The molecule has 0 spiro atoms. The fourth-order valence-corrected chi connectivity index (χ4v) is 5.91. The second-order valence-electron chi connectivity index (χ2n) is 9.39. The molecule has 37 heavy (non-hydrogen) atoms. The topological polar surface area (TPSA) is 63.2 Å². The minimum absolute atomic E-state index is 0.254. The molecule has 0 saturated heterocycles. The molecule has 1 N–H and O–H groups in total. The fraction of sp³-hybridized carbons (Fsp3) is 0.370. The highest BCUT2D eigenvalue weighted by molar-refractivity contribution is 7.18. The van der Waals surface area contributed by atoms with Crippen LogP contribution < -0.4 is 15.0 Å². The largest absolute Gasteiger partial charge is 0.495 e. The van der Waals surface area contributed by atoms with E-state index >= 15 is 0 Å². The first-order valence-corrected chi connectivity index (χ1v) is 13.0. The second kappa shape index (κ2) is 10.6. The van der Waals surface area contributed by atoms with Gasteiger partial charge in [-0.15, -0.1) is 11.3 Å². The Morgan fingerprint density at radius 2 is 1.89 bits per heavy atom. The lowest BCUT2D eigenvalue weighted by molar-refractivity contribution is -0.126. The lowest BCUT2D eigenvalue weighted by atomic mass is 10.1. The Bertz CT molecular complexity index is 1360. The van der Waals surface area contributed by atoms with Crippen LogP contribution >= 0.6 is 11.3 Å². The molecule has 3 heterocycles. The fourth-order valence-electron chi connectivity index (χ4n) is 4.89. The minimum atomic E-state index is -4.24. The average molecular weight is 528 g/mol. The number of nitrogens with zero attached hydrogens (tertiary/aromatic N) is 4. The molecule has 0 radical (unpaired) electrons. The molecule has 194 valence electrons. The predicted molar refractivity (Wildman–Crippen MR) is 140 cm³/mol. The number of fused-ring (bicyclic) bond motifs is 1. The van der Waals surface area contributed by atoms with E-state index in [1.807, 2.05) is 19.3 Å². The highest BCUT2D eigenvalue weighted by Gasteiger charge is 2.31. The van der Waals surface area contributed by atoms with E-state index in [0.717, 1.165) is 54.0 Å². The van der Waals surface area contributed by atoms with Gasteiger partial charge in [0.2, 0.25) is 0 Å². The molecule has 0 bridgehead atoms. The third-order valence-electron chi connectivity index (χ3n) is 6.85. The summed E-state index contributed by atoms with van der Waals surface area (Å²) >= 11 is 1.09. The average Bonchev–Trinajstić information content (AvgIpc) is 3.53. The van der Waals surface area contributed by atoms with Crippen LogP contribution in [0.2, 0.25) is 0 Å². The van der Waals surface area contributed by atoms with Crippen molar-refractivity contribution in [3.05, 3.63) is 65.6 Å². The van der Waals surface area contributed by atoms with Crippen LogP contribution in [0.1, 0.15) is 29.7 Å². The minimum Gasteiger partial charge on any atom is -0.495 e. The molecule has 4 aromatic rings. The van der Waals surface area contributed by atoms with Gasteiger partial charge in [-0.1, -0.05) is 24.3 Å². The summed E-state index contributed by atoms with van der Waals surface area (Å²) in [4.78, 5) is 15.8. The number of hydrogen-bond acceptors (Lipinski definition) is 7. The summed E-state index contributed by atoms with van der Waals surface area (Å²) in [6.07, 6.45) is 2.73. The molecule has 1 saturated carbocycles. The van der Waals surface area contributed by atoms with Crippen molar-refractivity contribution in [3.8, 4) is 16.9 Å². The van der Waals surface area contributed by atoms with Gasteiger partial charge in [0.15, 0.2) is 0 Å². The number of nitrogens with one attached hydrogen (secondary N) is 1. The molecule has 1 aromatic carbocycles. The Labute approximate surface area is 217 Å². The number of thiophene rings is 1. The third kappa shape index (κ3) is 6.02. The first-order valence-electron chi connectivity index (χ1n) is 12.1. The standard InChI is InChI=1S/C27H28F3N5OS/c1-35(25-24-11-23(12-27(28,29)30)37-26(24)34-16-33-25)21-8-7-20(10-21)32-13-17-3-5-18(6-4-17)19-9-22(36-2)15-31-14-19/h3-6,9,11,14-16,20-21,32H,7-8,10,12-13H2,1-2H3/t20-,21+/m0/s1. The van der Waals surface area contributed by atoms with Crippen molar-refractivity contribution in [1.29, 1.82) is 0 Å². The molecule has 2 atom stereocenters. The van der Waals surface area contributed by atoms with E-state index in [9.17, 15) is 13.2 Å². The van der Waals surface area contributed by atoms with Gasteiger partial charge in [0.1, 0.15) is 22.7 Å². The van der Waals surface area contributed by atoms with Crippen molar-refractivity contribution < 1.29 is 17.9 Å². The molecule has 1 aliphatic carbocycles. The summed E-state index contributed by atoms with van der Waals surface area (Å²) in [7, 11) is 3.60. The van der Waals surface area contributed by atoms with Gasteiger partial charge in [0, 0.05) is 42.3 Å². The predicted octanol–water partition coefficient (Wildman–Crippen LogP) is 6.01. The number of rotatable bonds is 8. The van der Waals surface area contributed by atoms with Crippen molar-refractivity contribution in [3.63, 3.8) is 0 Å². The van der Waals surface area contributed by atoms with Gasteiger partial charge in [-0.05, 0) is 42.5 Å². The number of benzene rings is 1. The van der Waals surface area contributed by atoms with Gasteiger partial charge in [-0.3, -0.25) is 4.98 Å². The SMILES string of the molecule is COc1cncc(-c2ccc(CN[C@H]3CC[C@@H](N(C)c4ncnc5sc(CC(F)(F)F)cc45)C3)cc2)c1. The maximum atomic E-state index is 12.9. The molecule has 3 aromatic heterocycles. The summed E-state index contributed by atoms with van der Waals surface area (Å²) in [5.74, 6) is 1.43. The van der Waals surface area contributed by atoms with Crippen LogP contribution in [0.15, 0.2) is 55.1 Å². The lowest BCUT2D eigenvalue weighted by Gasteiger charge is -2.26. The molecular weight excluding hydrogens is 499 g/mol. The van der Waals surface area contributed by atoms with Crippen LogP contribution in [-0.4, -0.2) is 47.4 Å². The maximum absolute atomic E-state index is 12.9. The van der Waals surface area contributed by atoms with Crippen LogP contribution in [-0.2, 0) is 13.0 Å². The molecule has 6 nitrogen and oxygen atoms in total. The smallest absolute Gasteiger partial charge is 0.393 e. The summed E-state index contributed by atoms with van der Waals surface area (Å²) in [6.45, 7) is 0.765. The first kappa shape index (κ1) is 25.4. The first-order chi connectivity index (χ1) is 17.8. The van der Waals surface area contributed by atoms with E-state index in [2.05, 4.69) is 49.4 Å². The summed E-state index contributed by atoms with van der Waals surface area (Å²) < 4.78 is 43.9. The van der Waals surface area contributed by atoms with Gasteiger partial charge < -0.3 is 15.0 Å². The highest BCUT2D eigenvalue weighted by atomic mass is 32.1. The Kier molecular flexibility index (Phi) is 7.30. The van der Waals surface area contributed by atoms with Gasteiger partial charge >= 0.3 is 6.18 Å². The number of aromatic nitrogens is 3. The van der Waals surface area contributed by atoms with Crippen LogP contribution in [0.25, 0.3) is 21.3 Å². The van der Waals surface area contributed by atoms with Gasteiger partial charge in [-0.2, -0.15) is 13.2 Å². The number of halogens is 3. The molecule has 1 fully saturated rings. The van der Waals surface area contributed by atoms with Crippen molar-refractivity contribution in [1.82, 2.24) is 20.3 Å². The summed E-state index contributed by atoms with van der Waals surface area (Å²) in [6, 6.07) is 12.6. The zero-order chi connectivity index (χ0) is 26.0. The quantitative estimate of drug-likeness (QED) is 0.303. The summed E-state index contributed by atoms with van der Waals surface area (Å²) in [5.41, 5.74) is 3.29. The maximum Gasteiger partial charge on any atom is 0.393 e. The Balaban J connectivity index is 1.19. The molecule has 0 amide bonds. The summed E-state index contributed by atoms with van der Waals surface area (Å²) in [5, 5.41) is 4.36. The van der Waals surface area contributed by atoms with E-state index in [0.29, 0.717) is 22.1 Å². The van der Waals surface area contributed by atoms with Crippen molar-refractivity contribution in [2.75, 3.05) is 19.1 Å². The monoisotopic (exact) mass is 527 g/mol. The third-order valence-corrected chi connectivity index (χ3v) is 7.89. The number of ether oxygens (including phenoxy) is 1. The number of anilines is 1. The Morgan fingerprint density at radius 3 is 2.65 bits per heavy atom. The van der Waals surface area contributed by atoms with E-state index in [-0.39, 0.29) is 10.9 Å². The number of alkyl halides is 3. The number of methoxy groups -OCH3 is 1. The normalized spacial score (nSPS) is 17.9. The van der Waals surface area contributed by atoms with Crippen LogP contribution in [0.3, 0.4) is 0 Å². The molecule has 1 aliphatic rings. The highest BCUT2D eigenvalue weighted by Crippen LogP contribution is 2.36. The lowest BCUT2D eigenvalue weighted by Crippen LogP contribution is -2.33. The number of pyridine rings is 1. The van der Waals surface area contributed by atoms with Crippen molar-refractivity contribution in [2.24, 2.45) is 0 Å². The van der Waals surface area contributed by atoms with Gasteiger partial charge in [0.05, 0.1) is 25.1 Å². The Hall–Kier alpha value is -3.24. The van der Waals surface area contributed by atoms with Crippen LogP contribution in [0.4, 0.5) is 19.0 Å². The molecule has 10 heteroatoms. The zero-order valence-electron chi connectivity index (χ0n) is 20.6. The second-order valence-corrected chi connectivity index (χ2v) is 10.5. The van der Waals surface area contributed by atoms with Gasteiger partial charge in [-0.25, -0.2) is 9.97 Å². The van der Waals surface area contributed by atoms with Crippen molar-refractivity contribution in [2.45, 2.75) is 50.5 Å². The van der Waals surface area contributed by atoms with Crippen LogP contribution in [0.5, 0.6) is 5.75 Å². The van der Waals surface area contributed by atoms with E-state index < -0.39 is 12.6 Å². The van der Waals surface area contributed by atoms with Crippen LogP contribution in [0, 0.1) is 0 Å². The van der Waals surface area contributed by atoms with Gasteiger partial charge in [0.25, 0.3) is 0 Å². The number of hydrogen-bond donors (Lipinski definition) is 1. The zero-order valence-corrected chi connectivity index (χ0v) is 21.4. The van der Waals surface area contributed by atoms with Crippen molar-refractivity contribution >= 4 is 27.4 Å². The molecular formula is C27H28F3N5OS. The molecule has 5 rings (SSSR count).